The second-order valence-electron chi connectivity index (χ2n) is 10.6. The minimum Gasteiger partial charge on any atom is -0.390 e. The summed E-state index contributed by atoms with van der Waals surface area (Å²) < 4.78 is 26.1. The molecule has 5 nitrogen and oxygen atoms in total. The SMILES string of the molecule is O[C@@H]1CC/C=C(/COCc2ccccc2)[C@@H](OCc2ccccc2)[C@H](OCc2ccccc2)[C@H]1OCc1ccccc1. The second kappa shape index (κ2) is 16.2. The van der Waals surface area contributed by atoms with Crippen molar-refractivity contribution in [3.05, 3.63) is 155 Å². The first-order valence-electron chi connectivity index (χ1n) is 14.7. The molecular weight excluding hydrogens is 524 g/mol. The number of benzene rings is 4. The average molecular weight is 565 g/mol. The van der Waals surface area contributed by atoms with Crippen LogP contribution in [-0.2, 0) is 45.4 Å². The van der Waals surface area contributed by atoms with E-state index in [-0.39, 0.29) is 0 Å². The Labute approximate surface area is 249 Å². The maximum atomic E-state index is 11.4. The largest absolute Gasteiger partial charge is 0.390 e. The van der Waals surface area contributed by atoms with Gasteiger partial charge in [0.25, 0.3) is 0 Å². The van der Waals surface area contributed by atoms with Gasteiger partial charge in [-0.3, -0.25) is 0 Å². The van der Waals surface area contributed by atoms with Crippen molar-refractivity contribution < 1.29 is 24.1 Å². The summed E-state index contributed by atoms with van der Waals surface area (Å²) in [4.78, 5) is 0. The minimum absolute atomic E-state index is 0.364. The third-order valence-corrected chi connectivity index (χ3v) is 7.46. The summed E-state index contributed by atoms with van der Waals surface area (Å²) in [7, 11) is 0. The van der Waals surface area contributed by atoms with E-state index in [1.807, 2.05) is 97.1 Å². The van der Waals surface area contributed by atoms with Crippen molar-refractivity contribution in [2.45, 2.75) is 63.7 Å². The number of hydrogen-bond donors (Lipinski definition) is 1. The molecule has 0 bridgehead atoms. The summed E-state index contributed by atoms with van der Waals surface area (Å²) >= 11 is 0. The van der Waals surface area contributed by atoms with Crippen LogP contribution in [0.15, 0.2) is 133 Å². The van der Waals surface area contributed by atoms with Gasteiger partial charge in [0, 0.05) is 0 Å². The highest BCUT2D eigenvalue weighted by Gasteiger charge is 2.40. The Kier molecular flexibility index (Phi) is 11.5. The minimum atomic E-state index is -0.722. The Morgan fingerprint density at radius 3 is 1.43 bits per heavy atom. The number of rotatable bonds is 13. The molecule has 0 amide bonds. The number of hydrogen-bond acceptors (Lipinski definition) is 5. The van der Waals surface area contributed by atoms with Crippen LogP contribution in [0.5, 0.6) is 0 Å². The lowest BCUT2D eigenvalue weighted by Gasteiger charge is -2.38. The van der Waals surface area contributed by atoms with Gasteiger partial charge < -0.3 is 24.1 Å². The van der Waals surface area contributed by atoms with Gasteiger partial charge in [-0.25, -0.2) is 0 Å². The van der Waals surface area contributed by atoms with Gasteiger partial charge in [0.15, 0.2) is 0 Å². The average Bonchev–Trinajstić information content (AvgIpc) is 3.04. The van der Waals surface area contributed by atoms with Crippen LogP contribution in [0.4, 0.5) is 0 Å². The second-order valence-corrected chi connectivity index (χ2v) is 10.6. The van der Waals surface area contributed by atoms with Crippen molar-refractivity contribution in [1.82, 2.24) is 0 Å². The number of aliphatic hydroxyl groups is 1. The number of allylic oxidation sites excluding steroid dienone is 1. The Balaban J connectivity index is 1.42. The lowest BCUT2D eigenvalue weighted by Crippen LogP contribution is -2.50. The quantitative estimate of drug-likeness (QED) is 0.177. The molecule has 0 spiro atoms. The maximum Gasteiger partial charge on any atom is 0.117 e. The molecule has 0 aliphatic heterocycles. The van der Waals surface area contributed by atoms with Crippen molar-refractivity contribution in [3.63, 3.8) is 0 Å². The summed E-state index contributed by atoms with van der Waals surface area (Å²) in [5, 5.41) is 11.4. The van der Waals surface area contributed by atoms with Crippen LogP contribution in [0, 0.1) is 0 Å². The van der Waals surface area contributed by atoms with Gasteiger partial charge in [0.05, 0.1) is 39.1 Å². The van der Waals surface area contributed by atoms with Gasteiger partial charge in [-0.2, -0.15) is 0 Å². The normalized spacial score (nSPS) is 22.1. The van der Waals surface area contributed by atoms with E-state index in [9.17, 15) is 5.11 Å². The van der Waals surface area contributed by atoms with Crippen LogP contribution in [0.1, 0.15) is 35.1 Å². The Bertz CT molecular complexity index is 1330. The number of ether oxygens (including phenoxy) is 4. The van der Waals surface area contributed by atoms with Crippen LogP contribution in [0.3, 0.4) is 0 Å². The van der Waals surface area contributed by atoms with Gasteiger partial charge in [-0.05, 0) is 40.7 Å². The Morgan fingerprint density at radius 2 is 0.929 bits per heavy atom. The monoisotopic (exact) mass is 564 g/mol. The predicted molar refractivity (Wildman–Crippen MR) is 164 cm³/mol. The molecule has 42 heavy (non-hydrogen) atoms. The molecule has 5 rings (SSSR count). The zero-order valence-corrected chi connectivity index (χ0v) is 24.0. The molecule has 218 valence electrons. The fourth-order valence-electron chi connectivity index (χ4n) is 5.21. The van der Waals surface area contributed by atoms with Gasteiger partial charge in [-0.1, -0.05) is 127 Å². The van der Waals surface area contributed by atoms with Crippen molar-refractivity contribution in [3.8, 4) is 0 Å². The first-order chi connectivity index (χ1) is 20.8. The molecular formula is C37H40O5. The highest BCUT2D eigenvalue weighted by Crippen LogP contribution is 2.29. The van der Waals surface area contributed by atoms with E-state index in [0.29, 0.717) is 45.9 Å². The molecule has 0 aromatic heterocycles. The lowest BCUT2D eigenvalue weighted by atomic mass is 9.90. The topological polar surface area (TPSA) is 57.2 Å². The third kappa shape index (κ3) is 8.96. The Morgan fingerprint density at radius 1 is 0.500 bits per heavy atom. The van der Waals surface area contributed by atoms with E-state index >= 15 is 0 Å². The fourth-order valence-corrected chi connectivity index (χ4v) is 5.21. The summed E-state index contributed by atoms with van der Waals surface area (Å²) in [6.45, 7) is 2.01. The highest BCUT2D eigenvalue weighted by atomic mass is 16.6. The smallest absolute Gasteiger partial charge is 0.117 e. The van der Waals surface area contributed by atoms with Gasteiger partial charge >= 0.3 is 0 Å². The van der Waals surface area contributed by atoms with Crippen molar-refractivity contribution >= 4 is 0 Å². The molecule has 1 N–H and O–H groups in total. The summed E-state index contributed by atoms with van der Waals surface area (Å²) in [6, 6.07) is 40.4. The zero-order valence-electron chi connectivity index (χ0n) is 24.0. The van der Waals surface area contributed by atoms with Crippen LogP contribution >= 0.6 is 0 Å². The molecule has 4 aromatic rings. The van der Waals surface area contributed by atoms with Gasteiger partial charge in [0.1, 0.15) is 18.3 Å². The molecule has 0 fully saturated rings. The lowest BCUT2D eigenvalue weighted by molar-refractivity contribution is -0.175. The zero-order chi connectivity index (χ0) is 28.8. The molecule has 5 heteroatoms. The van der Waals surface area contributed by atoms with Gasteiger partial charge in [0.2, 0.25) is 0 Å². The molecule has 0 heterocycles. The van der Waals surface area contributed by atoms with E-state index in [4.69, 9.17) is 18.9 Å². The van der Waals surface area contributed by atoms with Crippen LogP contribution in [0.2, 0.25) is 0 Å². The fraction of sp³-hybridized carbons (Fsp3) is 0.297. The molecule has 1 aliphatic carbocycles. The van der Waals surface area contributed by atoms with Crippen LogP contribution in [0.25, 0.3) is 0 Å². The Hall–Kier alpha value is -3.58. The van der Waals surface area contributed by atoms with E-state index < -0.39 is 24.4 Å². The van der Waals surface area contributed by atoms with E-state index in [2.05, 4.69) is 30.3 Å². The third-order valence-electron chi connectivity index (χ3n) is 7.46. The van der Waals surface area contributed by atoms with Crippen molar-refractivity contribution in [2.24, 2.45) is 0 Å². The van der Waals surface area contributed by atoms with Crippen LogP contribution < -0.4 is 0 Å². The molecule has 0 unspecified atom stereocenters. The van der Waals surface area contributed by atoms with Crippen molar-refractivity contribution in [2.75, 3.05) is 6.61 Å². The first kappa shape index (κ1) is 29.9. The van der Waals surface area contributed by atoms with E-state index in [1.54, 1.807) is 0 Å². The summed E-state index contributed by atoms with van der Waals surface area (Å²) in [5.74, 6) is 0. The molecule has 0 saturated heterocycles. The molecule has 4 aromatic carbocycles. The maximum absolute atomic E-state index is 11.4. The first-order valence-corrected chi connectivity index (χ1v) is 14.7. The molecule has 1 aliphatic rings. The van der Waals surface area contributed by atoms with Crippen LogP contribution in [-0.4, -0.2) is 36.1 Å². The van der Waals surface area contributed by atoms with E-state index in [0.717, 1.165) is 27.8 Å². The molecule has 4 atom stereocenters. The van der Waals surface area contributed by atoms with Crippen molar-refractivity contribution in [1.29, 1.82) is 0 Å². The van der Waals surface area contributed by atoms with E-state index in [1.165, 1.54) is 0 Å². The molecule has 0 saturated carbocycles. The van der Waals surface area contributed by atoms with Gasteiger partial charge in [-0.15, -0.1) is 0 Å². The summed E-state index contributed by atoms with van der Waals surface area (Å²) in [5.41, 5.74) is 5.26. The standard InChI is InChI=1S/C37H40O5/c38-34-23-13-22-33(28-39-24-29-14-5-1-6-15-29)35(40-25-30-16-7-2-8-17-30)37(42-27-32-20-11-4-12-21-32)36(34)41-26-31-18-9-3-10-19-31/h1-12,14-22,34-38H,13,23-28H2/b33-22-/t34-,35-,36+,37+/m1/s1. The molecule has 0 radical (unpaired) electrons. The summed E-state index contributed by atoms with van der Waals surface area (Å²) in [6.07, 6.45) is 1.01. The predicted octanol–water partition coefficient (Wildman–Crippen LogP) is 7.04. The highest BCUT2D eigenvalue weighted by molar-refractivity contribution is 5.20. The number of aliphatic hydroxyl groups excluding tert-OH is 1.